The van der Waals surface area contributed by atoms with Crippen molar-refractivity contribution in [1.29, 1.82) is 0 Å². The van der Waals surface area contributed by atoms with E-state index in [1.807, 2.05) is 12.1 Å². The lowest BCUT2D eigenvalue weighted by atomic mass is 9.85. The van der Waals surface area contributed by atoms with E-state index in [9.17, 15) is 9.59 Å². The molecule has 2 N–H and O–H groups in total. The van der Waals surface area contributed by atoms with E-state index in [0.717, 1.165) is 25.7 Å². The summed E-state index contributed by atoms with van der Waals surface area (Å²) in [6.07, 6.45) is 13.2. The van der Waals surface area contributed by atoms with Crippen LogP contribution < -0.4 is 5.90 Å². The Balaban J connectivity index is 1.60. The first kappa shape index (κ1) is 25.3. The number of methoxy groups -OCH3 is 1. The Morgan fingerprint density at radius 2 is 2.12 bits per heavy atom. The van der Waals surface area contributed by atoms with Gasteiger partial charge in [0.1, 0.15) is 11.9 Å². The van der Waals surface area contributed by atoms with E-state index in [2.05, 4.69) is 54.2 Å². The minimum atomic E-state index is -0.221. The quantitative estimate of drug-likeness (QED) is 0.184. The number of allylic oxidation sites excluding steroid dienone is 3. The fraction of sp³-hybridized carbons (Fsp3) is 0.481. The number of hydrogen-bond donors (Lipinski definition) is 1. The summed E-state index contributed by atoms with van der Waals surface area (Å²) >= 11 is 1.76. The molecule has 1 saturated carbocycles. The van der Waals surface area contributed by atoms with Crippen LogP contribution in [0, 0.1) is 17.8 Å². The van der Waals surface area contributed by atoms with E-state index in [-0.39, 0.29) is 23.9 Å². The van der Waals surface area contributed by atoms with E-state index in [0.29, 0.717) is 31.0 Å². The summed E-state index contributed by atoms with van der Waals surface area (Å²) in [6.45, 7) is 2.15. The van der Waals surface area contributed by atoms with Crippen molar-refractivity contribution in [1.82, 2.24) is 0 Å². The fourth-order valence-corrected chi connectivity index (χ4v) is 5.77. The number of carbonyl (C=O) groups is 2. The molecular formula is C27H35NO4S. The highest BCUT2D eigenvalue weighted by molar-refractivity contribution is 7.19. The summed E-state index contributed by atoms with van der Waals surface area (Å²) < 4.78 is 5.93. The van der Waals surface area contributed by atoms with Gasteiger partial charge in [0.15, 0.2) is 0 Å². The van der Waals surface area contributed by atoms with Crippen LogP contribution in [0.4, 0.5) is 0 Å². The maximum absolute atomic E-state index is 12.7. The van der Waals surface area contributed by atoms with E-state index in [1.165, 1.54) is 22.1 Å². The van der Waals surface area contributed by atoms with E-state index >= 15 is 0 Å². The van der Waals surface area contributed by atoms with E-state index in [1.54, 1.807) is 11.3 Å². The van der Waals surface area contributed by atoms with Crippen LogP contribution in [0.15, 0.2) is 54.6 Å². The lowest BCUT2D eigenvalue weighted by molar-refractivity contribution is -0.140. The Bertz CT molecular complexity index is 946. The largest absolute Gasteiger partial charge is 0.469 e. The highest BCUT2D eigenvalue weighted by Crippen LogP contribution is 2.40. The molecule has 1 aliphatic carbocycles. The topological polar surface area (TPSA) is 78.6 Å². The van der Waals surface area contributed by atoms with Crippen LogP contribution in [-0.4, -0.2) is 25.0 Å². The summed E-state index contributed by atoms with van der Waals surface area (Å²) in [5, 5.41) is 1.24. The van der Waals surface area contributed by atoms with Gasteiger partial charge in [-0.15, -0.1) is 11.3 Å². The molecule has 1 aromatic carbocycles. The summed E-state index contributed by atoms with van der Waals surface area (Å²) in [5.74, 6) is 6.33. The fourth-order valence-electron chi connectivity index (χ4n) is 4.66. The average Bonchev–Trinajstić information content (AvgIpc) is 3.38. The molecule has 0 saturated heterocycles. The predicted octanol–water partition coefficient (Wildman–Crippen LogP) is 5.78. The predicted molar refractivity (Wildman–Crippen MR) is 134 cm³/mol. The second-order valence-corrected chi connectivity index (χ2v) is 9.88. The number of rotatable bonds is 12. The number of thiophene rings is 1. The molecule has 0 spiro atoms. The minimum absolute atomic E-state index is 0.00851. The van der Waals surface area contributed by atoms with Crippen molar-refractivity contribution in [2.24, 2.45) is 23.7 Å². The zero-order valence-electron chi connectivity index (χ0n) is 19.6. The number of ether oxygens (including phenoxy) is 1. The zero-order chi connectivity index (χ0) is 23.6. The first-order chi connectivity index (χ1) is 16.0. The molecule has 0 aliphatic heterocycles. The molecule has 33 heavy (non-hydrogen) atoms. The van der Waals surface area contributed by atoms with Crippen LogP contribution in [0.3, 0.4) is 0 Å². The Labute approximate surface area is 200 Å². The standard InChI is InChI=1S/C27H35NO4S/c1-3-19-17-25(29)24(11-6-4-5-7-13-27(30)31-2)23(19)15-14-21(32-28)18-22-16-20-10-8-9-12-26(20)33-22/h4,6,8-10,12,14-16,19,21,23-24H,3,5,7,11,13,17-18,28H2,1-2H3/b6-4-,15-14+/t19-,21?,23?,24-/m1/s1. The van der Waals surface area contributed by atoms with Gasteiger partial charge in [0.05, 0.1) is 7.11 Å². The number of unbranched alkanes of at least 4 members (excludes halogenated alkanes) is 1. The number of esters is 1. The molecule has 1 aliphatic rings. The number of benzene rings is 1. The number of Topliss-reactive ketones (excluding diaryl/α,β-unsaturated/α-hetero) is 1. The van der Waals surface area contributed by atoms with E-state index in [4.69, 9.17) is 10.7 Å². The molecule has 0 amide bonds. The van der Waals surface area contributed by atoms with Crippen LogP contribution in [0.5, 0.6) is 0 Å². The highest BCUT2D eigenvalue weighted by Gasteiger charge is 2.39. The molecule has 0 bridgehead atoms. The number of fused-ring (bicyclic) bond motifs is 1. The Hall–Kier alpha value is -2.28. The number of hydrogen-bond acceptors (Lipinski definition) is 6. The number of nitrogens with two attached hydrogens (primary N) is 1. The lowest BCUT2D eigenvalue weighted by Crippen LogP contribution is -2.19. The Kier molecular flexibility index (Phi) is 9.85. The maximum Gasteiger partial charge on any atom is 0.305 e. The van der Waals surface area contributed by atoms with Crippen molar-refractivity contribution in [3.05, 3.63) is 59.5 Å². The molecule has 6 heteroatoms. The molecule has 2 unspecified atom stereocenters. The van der Waals surface area contributed by atoms with Gasteiger partial charge in [0.25, 0.3) is 0 Å². The second kappa shape index (κ2) is 12.8. The molecule has 178 valence electrons. The molecule has 3 rings (SSSR count). The maximum atomic E-state index is 12.7. The normalized spacial score (nSPS) is 22.0. The van der Waals surface area contributed by atoms with E-state index < -0.39 is 0 Å². The third kappa shape index (κ3) is 7.10. The van der Waals surface area contributed by atoms with Gasteiger partial charge in [-0.25, -0.2) is 5.90 Å². The minimum Gasteiger partial charge on any atom is -0.469 e. The van der Waals surface area contributed by atoms with Crippen LogP contribution in [0.1, 0.15) is 50.3 Å². The number of carbonyl (C=O) groups excluding carboxylic acids is 2. The first-order valence-electron chi connectivity index (χ1n) is 11.8. The van der Waals surface area contributed by atoms with Crippen molar-refractivity contribution >= 4 is 33.2 Å². The summed E-state index contributed by atoms with van der Waals surface area (Å²) in [6, 6.07) is 10.5. The van der Waals surface area contributed by atoms with Crippen LogP contribution >= 0.6 is 11.3 Å². The average molecular weight is 470 g/mol. The van der Waals surface area contributed by atoms with Crippen LogP contribution in [-0.2, 0) is 25.6 Å². The molecule has 2 aromatic rings. The molecule has 1 fully saturated rings. The van der Waals surface area contributed by atoms with Gasteiger partial charge in [-0.3, -0.25) is 14.4 Å². The summed E-state index contributed by atoms with van der Waals surface area (Å²) in [4.78, 5) is 30.4. The Morgan fingerprint density at radius 3 is 2.85 bits per heavy atom. The molecule has 1 aromatic heterocycles. The molecular weight excluding hydrogens is 434 g/mol. The molecule has 4 atom stereocenters. The van der Waals surface area contributed by atoms with Gasteiger partial charge >= 0.3 is 5.97 Å². The number of ketones is 1. The summed E-state index contributed by atoms with van der Waals surface area (Å²) in [5.41, 5.74) is 0. The van der Waals surface area contributed by atoms with Crippen molar-refractivity contribution < 1.29 is 19.2 Å². The third-order valence-electron chi connectivity index (χ3n) is 6.55. The van der Waals surface area contributed by atoms with Gasteiger partial charge in [-0.2, -0.15) is 0 Å². The third-order valence-corrected chi connectivity index (χ3v) is 7.69. The van der Waals surface area contributed by atoms with Crippen molar-refractivity contribution in [2.75, 3.05) is 7.11 Å². The first-order valence-corrected chi connectivity index (χ1v) is 12.6. The van der Waals surface area contributed by atoms with Gasteiger partial charge in [-0.1, -0.05) is 55.8 Å². The molecule has 0 radical (unpaired) electrons. The van der Waals surface area contributed by atoms with Crippen LogP contribution in [0.25, 0.3) is 10.1 Å². The summed E-state index contributed by atoms with van der Waals surface area (Å²) in [7, 11) is 1.41. The molecule has 5 nitrogen and oxygen atoms in total. The van der Waals surface area contributed by atoms with Gasteiger partial charge < -0.3 is 4.74 Å². The van der Waals surface area contributed by atoms with Gasteiger partial charge in [0.2, 0.25) is 0 Å². The smallest absolute Gasteiger partial charge is 0.305 e. The van der Waals surface area contributed by atoms with Crippen molar-refractivity contribution in [3.8, 4) is 0 Å². The highest BCUT2D eigenvalue weighted by atomic mass is 32.1. The zero-order valence-corrected chi connectivity index (χ0v) is 20.4. The Morgan fingerprint density at radius 1 is 1.30 bits per heavy atom. The van der Waals surface area contributed by atoms with Gasteiger partial charge in [-0.05, 0) is 48.6 Å². The van der Waals surface area contributed by atoms with Crippen molar-refractivity contribution in [3.63, 3.8) is 0 Å². The molecule has 1 heterocycles. The van der Waals surface area contributed by atoms with Crippen molar-refractivity contribution in [2.45, 2.75) is 58.0 Å². The second-order valence-electron chi connectivity index (χ2n) is 8.71. The SMILES string of the molecule is CC[C@@H]1CC(=O)[C@H](C/C=C\CCCC(=O)OC)C1/C=C/C(Cc1cc2ccccc2s1)ON. The monoisotopic (exact) mass is 469 g/mol. The van der Waals surface area contributed by atoms with Gasteiger partial charge in [0, 0.05) is 34.8 Å². The lowest BCUT2D eigenvalue weighted by Gasteiger charge is -2.20. The van der Waals surface area contributed by atoms with Crippen LogP contribution in [0.2, 0.25) is 0 Å².